The number of benzene rings is 4. The zero-order valence-corrected chi connectivity index (χ0v) is 19.9. The summed E-state index contributed by atoms with van der Waals surface area (Å²) in [6.45, 7) is 3.97. The second kappa shape index (κ2) is 11.9. The highest BCUT2D eigenvalue weighted by molar-refractivity contribution is 6.05. The Morgan fingerprint density at radius 1 is 0.639 bits per heavy atom. The van der Waals surface area contributed by atoms with Crippen molar-refractivity contribution >= 4 is 34.6 Å². The number of anilines is 3. The molecule has 36 heavy (non-hydrogen) atoms. The first-order valence-electron chi connectivity index (χ1n) is 11.1. The van der Waals surface area contributed by atoms with Gasteiger partial charge >= 0.3 is 0 Å². The minimum Gasteiger partial charge on any atom is -0.399 e. The molecule has 0 unspecified atom stereocenters. The van der Waals surface area contributed by atoms with Crippen molar-refractivity contribution in [2.45, 2.75) is 13.8 Å². The SMILES string of the molecule is Cc1ccc(NC(=O)c2ccc(N)cc2)cc1.Cc1ccc(NC(=O)c2ccc([N+](=O)[O-])cc2)cc1. The van der Waals surface area contributed by atoms with Gasteiger partial charge in [-0.15, -0.1) is 0 Å². The first kappa shape index (κ1) is 25.6. The van der Waals surface area contributed by atoms with Gasteiger partial charge in [-0.1, -0.05) is 35.4 Å². The van der Waals surface area contributed by atoms with Crippen molar-refractivity contribution in [2.75, 3.05) is 16.4 Å². The molecule has 0 saturated carbocycles. The Hall–Kier alpha value is -4.98. The van der Waals surface area contributed by atoms with Gasteiger partial charge in [0.15, 0.2) is 0 Å². The summed E-state index contributed by atoms with van der Waals surface area (Å²) in [7, 11) is 0. The van der Waals surface area contributed by atoms with E-state index >= 15 is 0 Å². The van der Waals surface area contributed by atoms with Crippen LogP contribution < -0.4 is 16.4 Å². The van der Waals surface area contributed by atoms with Gasteiger partial charge in [0.25, 0.3) is 17.5 Å². The highest BCUT2D eigenvalue weighted by atomic mass is 16.6. The first-order valence-corrected chi connectivity index (χ1v) is 11.1. The van der Waals surface area contributed by atoms with Gasteiger partial charge < -0.3 is 16.4 Å². The number of nitrogens with zero attached hydrogens (tertiary/aromatic N) is 1. The molecule has 0 spiro atoms. The number of nitro benzene ring substituents is 1. The van der Waals surface area contributed by atoms with Gasteiger partial charge in [-0.05, 0) is 74.5 Å². The average molecular weight is 483 g/mol. The summed E-state index contributed by atoms with van der Waals surface area (Å²) < 4.78 is 0. The number of rotatable bonds is 5. The van der Waals surface area contributed by atoms with Crippen molar-refractivity contribution in [2.24, 2.45) is 0 Å². The molecule has 0 aliphatic rings. The van der Waals surface area contributed by atoms with Crippen LogP contribution in [0.25, 0.3) is 0 Å². The Morgan fingerprint density at radius 3 is 1.36 bits per heavy atom. The van der Waals surface area contributed by atoms with Crippen molar-refractivity contribution in [3.63, 3.8) is 0 Å². The van der Waals surface area contributed by atoms with E-state index in [-0.39, 0.29) is 17.5 Å². The lowest BCUT2D eigenvalue weighted by atomic mass is 10.2. The number of amides is 2. The maximum atomic E-state index is 11.9. The quantitative estimate of drug-likeness (QED) is 0.183. The molecule has 0 aliphatic heterocycles. The fourth-order valence-electron chi connectivity index (χ4n) is 3.05. The fourth-order valence-corrected chi connectivity index (χ4v) is 3.05. The molecule has 0 bridgehead atoms. The molecule has 4 rings (SSSR count). The second-order valence-corrected chi connectivity index (χ2v) is 8.07. The molecule has 0 radical (unpaired) electrons. The predicted molar refractivity (Wildman–Crippen MR) is 142 cm³/mol. The summed E-state index contributed by atoms with van der Waals surface area (Å²) in [5.74, 6) is -0.424. The normalized spacial score (nSPS) is 9.94. The summed E-state index contributed by atoms with van der Waals surface area (Å²) in [6.07, 6.45) is 0. The molecule has 182 valence electrons. The van der Waals surface area contributed by atoms with Gasteiger partial charge in [-0.3, -0.25) is 19.7 Å². The molecule has 4 aromatic carbocycles. The number of nitro groups is 1. The van der Waals surface area contributed by atoms with E-state index < -0.39 is 4.92 Å². The Labute approximate surface area is 208 Å². The molecule has 2 amide bonds. The van der Waals surface area contributed by atoms with E-state index in [2.05, 4.69) is 10.6 Å². The molecule has 0 atom stereocenters. The average Bonchev–Trinajstić information content (AvgIpc) is 2.87. The van der Waals surface area contributed by atoms with E-state index in [4.69, 9.17) is 5.73 Å². The Bertz CT molecular complexity index is 1330. The number of carbonyl (C=O) groups excluding carboxylic acids is 2. The summed E-state index contributed by atoms with van der Waals surface area (Å²) >= 11 is 0. The molecule has 4 aromatic rings. The standard InChI is InChI=1S/C14H12N2O3.C14H14N2O/c1-10-2-6-12(7-3-10)15-14(17)11-4-8-13(9-5-11)16(18)19;1-10-2-8-13(9-3-10)16-14(17)11-4-6-12(15)7-5-11/h2-9H,1H3,(H,15,17);2-9H,15H2,1H3,(H,16,17). The minimum absolute atomic E-state index is 0.0353. The van der Waals surface area contributed by atoms with Crippen LogP contribution in [0.4, 0.5) is 22.7 Å². The number of hydrogen-bond acceptors (Lipinski definition) is 5. The van der Waals surface area contributed by atoms with E-state index in [0.717, 1.165) is 16.8 Å². The van der Waals surface area contributed by atoms with Gasteiger partial charge in [0.2, 0.25) is 0 Å². The number of nitrogen functional groups attached to an aromatic ring is 1. The fraction of sp³-hybridized carbons (Fsp3) is 0.0714. The molecular weight excluding hydrogens is 456 g/mol. The van der Waals surface area contributed by atoms with E-state index in [1.807, 2.05) is 50.2 Å². The zero-order chi connectivity index (χ0) is 26.1. The van der Waals surface area contributed by atoms with Crippen molar-refractivity contribution in [3.8, 4) is 0 Å². The number of carbonyl (C=O) groups is 2. The van der Waals surface area contributed by atoms with Crippen LogP contribution in [0.5, 0.6) is 0 Å². The Balaban J connectivity index is 0.000000202. The minimum atomic E-state index is -0.498. The number of nitrogens with one attached hydrogen (secondary N) is 2. The molecule has 4 N–H and O–H groups in total. The van der Waals surface area contributed by atoms with Crippen LogP contribution >= 0.6 is 0 Å². The molecule has 0 fully saturated rings. The van der Waals surface area contributed by atoms with Crippen LogP contribution in [0.2, 0.25) is 0 Å². The summed E-state index contributed by atoms with van der Waals surface area (Å²) in [5, 5.41) is 16.1. The lowest BCUT2D eigenvalue weighted by Gasteiger charge is -2.05. The van der Waals surface area contributed by atoms with Gasteiger partial charge in [0.05, 0.1) is 4.92 Å². The highest BCUT2D eigenvalue weighted by Crippen LogP contribution is 2.15. The largest absolute Gasteiger partial charge is 0.399 e. The number of non-ortho nitro benzene ring substituents is 1. The topological polar surface area (TPSA) is 127 Å². The molecule has 0 saturated heterocycles. The lowest BCUT2D eigenvalue weighted by Crippen LogP contribution is -2.11. The molecule has 0 aromatic heterocycles. The van der Waals surface area contributed by atoms with Crippen LogP contribution in [-0.2, 0) is 0 Å². The van der Waals surface area contributed by atoms with Crippen LogP contribution in [0.3, 0.4) is 0 Å². The van der Waals surface area contributed by atoms with Crippen molar-refractivity contribution < 1.29 is 14.5 Å². The third kappa shape index (κ3) is 7.53. The van der Waals surface area contributed by atoms with Crippen LogP contribution in [0.15, 0.2) is 97.1 Å². The first-order chi connectivity index (χ1) is 17.2. The monoisotopic (exact) mass is 482 g/mol. The Kier molecular flexibility index (Phi) is 8.50. The second-order valence-electron chi connectivity index (χ2n) is 8.07. The van der Waals surface area contributed by atoms with Crippen molar-refractivity contribution in [1.29, 1.82) is 0 Å². The zero-order valence-electron chi connectivity index (χ0n) is 19.9. The lowest BCUT2D eigenvalue weighted by molar-refractivity contribution is -0.384. The summed E-state index contributed by atoms with van der Waals surface area (Å²) in [6, 6.07) is 27.4. The molecule has 8 heteroatoms. The van der Waals surface area contributed by atoms with E-state index in [9.17, 15) is 19.7 Å². The maximum absolute atomic E-state index is 11.9. The molecule has 0 heterocycles. The van der Waals surface area contributed by atoms with Gasteiger partial charge in [-0.2, -0.15) is 0 Å². The third-order valence-electron chi connectivity index (χ3n) is 5.13. The number of aryl methyl sites for hydroxylation is 2. The maximum Gasteiger partial charge on any atom is 0.269 e. The van der Waals surface area contributed by atoms with Gasteiger partial charge in [0, 0.05) is 40.3 Å². The smallest absolute Gasteiger partial charge is 0.269 e. The van der Waals surface area contributed by atoms with E-state index in [1.165, 1.54) is 24.3 Å². The summed E-state index contributed by atoms with van der Waals surface area (Å²) in [5.41, 5.74) is 10.9. The van der Waals surface area contributed by atoms with Crippen molar-refractivity contribution in [1.82, 2.24) is 0 Å². The van der Waals surface area contributed by atoms with Crippen LogP contribution in [0.1, 0.15) is 31.8 Å². The van der Waals surface area contributed by atoms with Gasteiger partial charge in [-0.25, -0.2) is 0 Å². The van der Waals surface area contributed by atoms with E-state index in [1.54, 1.807) is 36.4 Å². The van der Waals surface area contributed by atoms with Crippen molar-refractivity contribution in [3.05, 3.63) is 129 Å². The highest BCUT2D eigenvalue weighted by Gasteiger charge is 2.09. The third-order valence-corrected chi connectivity index (χ3v) is 5.13. The predicted octanol–water partition coefficient (Wildman–Crippen LogP) is 5.99. The summed E-state index contributed by atoms with van der Waals surface area (Å²) in [4.78, 5) is 33.8. The number of hydrogen-bond donors (Lipinski definition) is 3. The Morgan fingerprint density at radius 2 is 1.00 bits per heavy atom. The molecular formula is C28H26N4O4. The van der Waals surface area contributed by atoms with Gasteiger partial charge in [0.1, 0.15) is 0 Å². The number of nitrogens with two attached hydrogens (primary N) is 1. The van der Waals surface area contributed by atoms with Crippen LogP contribution in [0, 0.1) is 24.0 Å². The molecule has 0 aliphatic carbocycles. The van der Waals surface area contributed by atoms with Crippen LogP contribution in [-0.4, -0.2) is 16.7 Å². The molecule has 8 nitrogen and oxygen atoms in total. The van der Waals surface area contributed by atoms with E-state index in [0.29, 0.717) is 22.5 Å².